The van der Waals surface area contributed by atoms with E-state index in [9.17, 15) is 5.11 Å². The number of ether oxygens (including phenoxy) is 1. The van der Waals surface area contributed by atoms with Gasteiger partial charge in [-0.25, -0.2) is 0 Å². The molecule has 1 fully saturated rings. The Morgan fingerprint density at radius 3 is 2.61 bits per heavy atom. The van der Waals surface area contributed by atoms with Crippen LogP contribution in [-0.2, 0) is 4.74 Å². The lowest BCUT2D eigenvalue weighted by molar-refractivity contribution is -0.0225. The summed E-state index contributed by atoms with van der Waals surface area (Å²) in [7, 11) is 0. The Balaban J connectivity index is 1.91. The van der Waals surface area contributed by atoms with E-state index in [-0.39, 0.29) is 12.7 Å². The predicted octanol–water partition coefficient (Wildman–Crippen LogP) is 2.02. The number of fused-ring (bicyclic) bond motifs is 1. The van der Waals surface area contributed by atoms with Crippen molar-refractivity contribution in [3.05, 3.63) is 48.0 Å². The second kappa shape index (κ2) is 4.69. The van der Waals surface area contributed by atoms with Crippen LogP contribution in [0.5, 0.6) is 0 Å². The van der Waals surface area contributed by atoms with E-state index in [1.165, 1.54) is 10.8 Å². The summed E-state index contributed by atoms with van der Waals surface area (Å²) >= 11 is 0. The normalized spacial score (nSPS) is 27.8. The minimum absolute atomic E-state index is 0.123. The lowest BCUT2D eigenvalue weighted by atomic mass is 10.0. The SMILES string of the molecule is OC[C@H]1O[C@H](c2ccc3ccccc3c2)C[C@@H]1O. The van der Waals surface area contributed by atoms with Crippen molar-refractivity contribution in [3.8, 4) is 0 Å². The average molecular weight is 244 g/mol. The molecule has 1 heterocycles. The van der Waals surface area contributed by atoms with Gasteiger partial charge in [-0.1, -0.05) is 36.4 Å². The Hall–Kier alpha value is -1.42. The van der Waals surface area contributed by atoms with E-state index >= 15 is 0 Å². The van der Waals surface area contributed by atoms with Crippen molar-refractivity contribution in [1.29, 1.82) is 0 Å². The molecule has 0 aliphatic carbocycles. The first-order valence-electron chi connectivity index (χ1n) is 6.21. The van der Waals surface area contributed by atoms with Crippen LogP contribution in [0.15, 0.2) is 42.5 Å². The first kappa shape index (κ1) is 11.7. The van der Waals surface area contributed by atoms with E-state index in [1.54, 1.807) is 0 Å². The van der Waals surface area contributed by atoms with E-state index in [0.717, 1.165) is 5.56 Å². The van der Waals surface area contributed by atoms with Gasteiger partial charge >= 0.3 is 0 Å². The van der Waals surface area contributed by atoms with Gasteiger partial charge in [-0.3, -0.25) is 0 Å². The van der Waals surface area contributed by atoms with Crippen LogP contribution in [0.3, 0.4) is 0 Å². The topological polar surface area (TPSA) is 49.7 Å². The van der Waals surface area contributed by atoms with Gasteiger partial charge in [0.25, 0.3) is 0 Å². The van der Waals surface area contributed by atoms with Crippen molar-refractivity contribution in [1.82, 2.24) is 0 Å². The lowest BCUT2D eigenvalue weighted by Crippen LogP contribution is -2.24. The summed E-state index contributed by atoms with van der Waals surface area (Å²) in [5, 5.41) is 21.2. The van der Waals surface area contributed by atoms with Gasteiger partial charge < -0.3 is 14.9 Å². The maximum Gasteiger partial charge on any atom is 0.107 e. The molecule has 3 atom stereocenters. The highest BCUT2D eigenvalue weighted by molar-refractivity contribution is 5.83. The molecular weight excluding hydrogens is 228 g/mol. The summed E-state index contributed by atoms with van der Waals surface area (Å²) in [6.07, 6.45) is -0.612. The van der Waals surface area contributed by atoms with Gasteiger partial charge in [-0.05, 0) is 22.4 Å². The zero-order valence-electron chi connectivity index (χ0n) is 9.99. The number of rotatable bonds is 2. The third-order valence-corrected chi connectivity index (χ3v) is 3.55. The molecule has 0 spiro atoms. The third-order valence-electron chi connectivity index (χ3n) is 3.55. The molecule has 18 heavy (non-hydrogen) atoms. The molecule has 0 unspecified atom stereocenters. The van der Waals surface area contributed by atoms with Crippen molar-refractivity contribution in [2.75, 3.05) is 6.61 Å². The van der Waals surface area contributed by atoms with Crippen molar-refractivity contribution in [3.63, 3.8) is 0 Å². The Bertz CT molecular complexity index is 552. The van der Waals surface area contributed by atoms with Crippen LogP contribution < -0.4 is 0 Å². The molecule has 0 bridgehead atoms. The molecule has 1 saturated heterocycles. The molecule has 0 amide bonds. The van der Waals surface area contributed by atoms with Gasteiger partial charge in [-0.2, -0.15) is 0 Å². The monoisotopic (exact) mass is 244 g/mol. The van der Waals surface area contributed by atoms with E-state index in [2.05, 4.69) is 24.3 Å². The molecule has 3 nitrogen and oxygen atoms in total. The smallest absolute Gasteiger partial charge is 0.107 e. The molecule has 1 aliphatic rings. The molecular formula is C15H16O3. The Labute approximate surface area is 106 Å². The average Bonchev–Trinajstić information content (AvgIpc) is 2.79. The number of benzene rings is 2. The molecule has 0 radical (unpaired) electrons. The standard InChI is InChI=1S/C15H16O3/c16-9-15-13(17)8-14(18-15)12-6-5-10-3-1-2-4-11(10)7-12/h1-7,13-17H,8-9H2/t13-,14-,15+/m0/s1. The molecule has 3 heteroatoms. The van der Waals surface area contributed by atoms with Crippen molar-refractivity contribution in [2.24, 2.45) is 0 Å². The fraction of sp³-hybridized carbons (Fsp3) is 0.333. The van der Waals surface area contributed by atoms with E-state index in [1.807, 2.05) is 18.2 Å². The summed E-state index contributed by atoms with van der Waals surface area (Å²) in [5.74, 6) is 0. The molecule has 1 aliphatic heterocycles. The van der Waals surface area contributed by atoms with Crippen LogP contribution in [0.25, 0.3) is 10.8 Å². The molecule has 2 aromatic rings. The zero-order valence-corrected chi connectivity index (χ0v) is 9.99. The number of hydrogen-bond acceptors (Lipinski definition) is 3. The summed E-state index contributed by atoms with van der Waals surface area (Å²) < 4.78 is 5.66. The zero-order chi connectivity index (χ0) is 12.5. The fourth-order valence-electron chi connectivity index (χ4n) is 2.52. The Kier molecular flexibility index (Phi) is 3.04. The predicted molar refractivity (Wildman–Crippen MR) is 69.3 cm³/mol. The minimum atomic E-state index is -0.577. The molecule has 2 N–H and O–H groups in total. The van der Waals surface area contributed by atoms with Gasteiger partial charge in [0.05, 0.1) is 18.8 Å². The second-order valence-electron chi connectivity index (χ2n) is 4.76. The van der Waals surface area contributed by atoms with E-state index in [0.29, 0.717) is 6.42 Å². The first-order valence-corrected chi connectivity index (χ1v) is 6.21. The maximum atomic E-state index is 9.75. The summed E-state index contributed by atoms with van der Waals surface area (Å²) in [6, 6.07) is 14.3. The largest absolute Gasteiger partial charge is 0.394 e. The number of hydrogen-bond donors (Lipinski definition) is 2. The van der Waals surface area contributed by atoms with Crippen molar-refractivity contribution < 1.29 is 14.9 Å². The van der Waals surface area contributed by atoms with Gasteiger partial charge in [0.15, 0.2) is 0 Å². The maximum absolute atomic E-state index is 9.75. The third kappa shape index (κ3) is 2.01. The lowest BCUT2D eigenvalue weighted by Gasteiger charge is -2.13. The molecule has 0 aromatic heterocycles. The van der Waals surface area contributed by atoms with Gasteiger partial charge in [0.2, 0.25) is 0 Å². The number of aliphatic hydroxyl groups excluding tert-OH is 2. The van der Waals surface area contributed by atoms with Gasteiger partial charge in [0, 0.05) is 6.42 Å². The van der Waals surface area contributed by atoms with Crippen LogP contribution in [0.2, 0.25) is 0 Å². The first-order chi connectivity index (χ1) is 8.78. The van der Waals surface area contributed by atoms with Crippen LogP contribution >= 0.6 is 0 Å². The van der Waals surface area contributed by atoms with Gasteiger partial charge in [-0.15, -0.1) is 0 Å². The Morgan fingerprint density at radius 1 is 1.11 bits per heavy atom. The van der Waals surface area contributed by atoms with Gasteiger partial charge in [0.1, 0.15) is 6.10 Å². The van der Waals surface area contributed by atoms with E-state index in [4.69, 9.17) is 9.84 Å². The highest BCUT2D eigenvalue weighted by Gasteiger charge is 2.34. The fourth-order valence-corrected chi connectivity index (χ4v) is 2.52. The molecule has 2 aromatic carbocycles. The quantitative estimate of drug-likeness (QED) is 0.849. The van der Waals surface area contributed by atoms with E-state index < -0.39 is 12.2 Å². The van der Waals surface area contributed by atoms with Crippen molar-refractivity contribution in [2.45, 2.75) is 24.7 Å². The molecule has 3 rings (SSSR count). The highest BCUT2D eigenvalue weighted by Crippen LogP contribution is 2.34. The second-order valence-corrected chi connectivity index (χ2v) is 4.76. The van der Waals surface area contributed by atoms with Crippen LogP contribution in [0.1, 0.15) is 18.1 Å². The Morgan fingerprint density at radius 2 is 1.89 bits per heavy atom. The minimum Gasteiger partial charge on any atom is -0.394 e. The van der Waals surface area contributed by atoms with Crippen LogP contribution in [0, 0.1) is 0 Å². The summed E-state index contributed by atoms with van der Waals surface area (Å²) in [5.41, 5.74) is 1.06. The highest BCUT2D eigenvalue weighted by atomic mass is 16.5. The van der Waals surface area contributed by atoms with Crippen molar-refractivity contribution >= 4 is 10.8 Å². The van der Waals surface area contributed by atoms with Crippen LogP contribution in [0.4, 0.5) is 0 Å². The molecule has 0 saturated carbocycles. The summed E-state index contributed by atoms with van der Waals surface area (Å²) in [6.45, 7) is -0.134. The number of aliphatic hydroxyl groups is 2. The summed E-state index contributed by atoms with van der Waals surface area (Å²) in [4.78, 5) is 0. The van der Waals surface area contributed by atoms with Crippen LogP contribution in [-0.4, -0.2) is 29.0 Å². The molecule has 94 valence electrons.